The molecule has 0 amide bonds. The molecule has 126 valence electrons. The van der Waals surface area contributed by atoms with Gasteiger partial charge in [-0.3, -0.25) is 4.31 Å². The van der Waals surface area contributed by atoms with Crippen molar-refractivity contribution in [3.63, 3.8) is 0 Å². The van der Waals surface area contributed by atoms with Crippen molar-refractivity contribution in [1.82, 2.24) is 0 Å². The summed E-state index contributed by atoms with van der Waals surface area (Å²) < 4.78 is 27.9. The summed E-state index contributed by atoms with van der Waals surface area (Å²) in [4.78, 5) is 2.38. The molecule has 0 atom stereocenters. The van der Waals surface area contributed by atoms with Gasteiger partial charge in [0.1, 0.15) is 0 Å². The van der Waals surface area contributed by atoms with E-state index < -0.39 is 10.0 Å². The molecule has 5 heteroatoms. The number of benzene rings is 1. The fourth-order valence-electron chi connectivity index (χ4n) is 4.33. The highest BCUT2D eigenvalue weighted by Crippen LogP contribution is 2.37. The van der Waals surface area contributed by atoms with E-state index in [0.29, 0.717) is 6.54 Å². The van der Waals surface area contributed by atoms with Crippen molar-refractivity contribution in [3.8, 4) is 0 Å². The molecule has 1 aromatic rings. The summed E-state index contributed by atoms with van der Waals surface area (Å²) in [5.41, 5.74) is 3.34. The van der Waals surface area contributed by atoms with Gasteiger partial charge in [-0.05, 0) is 56.2 Å². The second-order valence-electron chi connectivity index (χ2n) is 7.13. The SMILES string of the molecule is O=S(=O)(C1CCCC1)N1CCCc2ccc(N3CCCC3)cc21. The quantitative estimate of drug-likeness (QED) is 0.851. The Hall–Kier alpha value is -1.23. The molecule has 0 spiro atoms. The van der Waals surface area contributed by atoms with Gasteiger partial charge in [-0.2, -0.15) is 0 Å². The lowest BCUT2D eigenvalue weighted by Crippen LogP contribution is -2.41. The van der Waals surface area contributed by atoms with E-state index in [1.54, 1.807) is 4.31 Å². The number of nitrogens with zero attached hydrogens (tertiary/aromatic N) is 2. The topological polar surface area (TPSA) is 40.6 Å². The normalized spacial score (nSPS) is 22.6. The number of anilines is 2. The van der Waals surface area contributed by atoms with Crippen molar-refractivity contribution >= 4 is 21.4 Å². The van der Waals surface area contributed by atoms with Crippen LogP contribution in [0.4, 0.5) is 11.4 Å². The zero-order valence-electron chi connectivity index (χ0n) is 13.7. The standard InChI is InChI=1S/C18H26N2O2S/c21-23(22,17-7-1-2-8-17)20-13-5-6-15-9-10-16(14-18(15)20)19-11-3-4-12-19/h9-10,14,17H,1-8,11-13H2. The van der Waals surface area contributed by atoms with E-state index in [-0.39, 0.29) is 5.25 Å². The second-order valence-corrected chi connectivity index (χ2v) is 9.27. The Bertz CT molecular complexity index is 674. The molecule has 0 N–H and O–H groups in total. The molecule has 2 heterocycles. The first kappa shape index (κ1) is 15.3. The third-order valence-electron chi connectivity index (χ3n) is 5.65. The van der Waals surface area contributed by atoms with Crippen molar-refractivity contribution in [2.75, 3.05) is 28.8 Å². The fraction of sp³-hybridized carbons (Fsp3) is 0.667. The average Bonchev–Trinajstić information content (AvgIpc) is 3.27. The molecule has 4 nitrogen and oxygen atoms in total. The zero-order chi connectivity index (χ0) is 15.9. The predicted octanol–water partition coefficient (Wildman–Crippen LogP) is 3.31. The van der Waals surface area contributed by atoms with E-state index in [1.165, 1.54) is 24.1 Å². The van der Waals surface area contributed by atoms with E-state index in [1.807, 2.05) is 0 Å². The minimum atomic E-state index is -3.20. The Kier molecular flexibility index (Phi) is 4.00. The van der Waals surface area contributed by atoms with E-state index in [4.69, 9.17) is 0 Å². The predicted molar refractivity (Wildman–Crippen MR) is 94.7 cm³/mol. The van der Waals surface area contributed by atoms with Gasteiger partial charge in [0, 0.05) is 25.3 Å². The van der Waals surface area contributed by atoms with Gasteiger partial charge in [0.05, 0.1) is 10.9 Å². The highest BCUT2D eigenvalue weighted by atomic mass is 32.2. The number of fused-ring (bicyclic) bond motifs is 1. The molecule has 1 aliphatic carbocycles. The van der Waals surface area contributed by atoms with E-state index in [0.717, 1.165) is 57.3 Å². The minimum Gasteiger partial charge on any atom is -0.371 e. The lowest BCUT2D eigenvalue weighted by atomic mass is 10.0. The monoisotopic (exact) mass is 334 g/mol. The van der Waals surface area contributed by atoms with Crippen molar-refractivity contribution in [2.24, 2.45) is 0 Å². The van der Waals surface area contributed by atoms with E-state index >= 15 is 0 Å². The third kappa shape index (κ3) is 2.73. The molecule has 0 bridgehead atoms. The summed E-state index contributed by atoms with van der Waals surface area (Å²) in [7, 11) is -3.20. The van der Waals surface area contributed by atoms with Crippen LogP contribution in [0.25, 0.3) is 0 Å². The molecular weight excluding hydrogens is 308 g/mol. The lowest BCUT2D eigenvalue weighted by molar-refractivity contribution is 0.570. The van der Waals surface area contributed by atoms with Crippen LogP contribution < -0.4 is 9.21 Å². The van der Waals surface area contributed by atoms with Crippen LogP contribution in [0.15, 0.2) is 18.2 Å². The van der Waals surface area contributed by atoms with Crippen molar-refractivity contribution in [2.45, 2.75) is 56.6 Å². The number of sulfonamides is 1. The van der Waals surface area contributed by atoms with Gasteiger partial charge in [0.15, 0.2) is 0 Å². The molecule has 0 aromatic heterocycles. The molecule has 2 fully saturated rings. The maximum absolute atomic E-state index is 13.1. The molecule has 1 saturated heterocycles. The van der Waals surface area contributed by atoms with Crippen molar-refractivity contribution in [3.05, 3.63) is 23.8 Å². The summed E-state index contributed by atoms with van der Waals surface area (Å²) in [6, 6.07) is 6.46. The minimum absolute atomic E-state index is 0.163. The molecule has 3 aliphatic rings. The molecule has 4 rings (SSSR count). The van der Waals surface area contributed by atoms with Gasteiger partial charge in [0.25, 0.3) is 0 Å². The van der Waals surface area contributed by atoms with Gasteiger partial charge in [-0.15, -0.1) is 0 Å². The molecule has 1 aromatic carbocycles. The Balaban J connectivity index is 1.70. The van der Waals surface area contributed by atoms with Crippen LogP contribution in [0.2, 0.25) is 0 Å². The Morgan fingerprint density at radius 2 is 1.65 bits per heavy atom. The van der Waals surface area contributed by atoms with Gasteiger partial charge < -0.3 is 4.90 Å². The van der Waals surface area contributed by atoms with Crippen molar-refractivity contribution < 1.29 is 8.42 Å². The summed E-state index contributed by atoms with van der Waals surface area (Å²) >= 11 is 0. The lowest BCUT2D eigenvalue weighted by Gasteiger charge is -2.33. The Morgan fingerprint density at radius 3 is 2.39 bits per heavy atom. The molecule has 0 unspecified atom stereocenters. The largest absolute Gasteiger partial charge is 0.371 e. The smallest absolute Gasteiger partial charge is 0.238 e. The Labute approximate surface area is 139 Å². The van der Waals surface area contributed by atoms with Crippen LogP contribution >= 0.6 is 0 Å². The van der Waals surface area contributed by atoms with Crippen molar-refractivity contribution in [1.29, 1.82) is 0 Å². The fourth-order valence-corrected chi connectivity index (χ4v) is 6.45. The zero-order valence-corrected chi connectivity index (χ0v) is 14.5. The van der Waals surface area contributed by atoms with E-state index in [9.17, 15) is 8.42 Å². The van der Waals surface area contributed by atoms with Crippen LogP contribution in [0.5, 0.6) is 0 Å². The van der Waals surface area contributed by atoms with Gasteiger partial charge in [-0.1, -0.05) is 18.9 Å². The first-order valence-corrected chi connectivity index (χ1v) is 10.6. The average molecular weight is 334 g/mol. The first-order valence-electron chi connectivity index (χ1n) is 9.06. The van der Waals surface area contributed by atoms with Gasteiger partial charge >= 0.3 is 0 Å². The van der Waals surface area contributed by atoms with Crippen LogP contribution in [-0.4, -0.2) is 33.3 Å². The summed E-state index contributed by atoms with van der Waals surface area (Å²) in [5, 5.41) is -0.163. The van der Waals surface area contributed by atoms with Crippen LogP contribution in [0.1, 0.15) is 50.5 Å². The summed E-state index contributed by atoms with van der Waals surface area (Å²) in [6.07, 6.45) is 8.17. The molecular formula is C18H26N2O2S. The number of aryl methyl sites for hydroxylation is 1. The van der Waals surface area contributed by atoms with E-state index in [2.05, 4.69) is 23.1 Å². The summed E-state index contributed by atoms with van der Waals surface area (Å²) in [6.45, 7) is 2.83. The third-order valence-corrected chi connectivity index (χ3v) is 7.95. The molecule has 1 saturated carbocycles. The molecule has 23 heavy (non-hydrogen) atoms. The molecule has 0 radical (unpaired) electrons. The second kappa shape index (κ2) is 6.00. The van der Waals surface area contributed by atoms with Crippen LogP contribution in [0.3, 0.4) is 0 Å². The van der Waals surface area contributed by atoms with Crippen LogP contribution in [-0.2, 0) is 16.4 Å². The number of hydrogen-bond donors (Lipinski definition) is 0. The maximum Gasteiger partial charge on any atom is 0.238 e. The highest BCUT2D eigenvalue weighted by molar-refractivity contribution is 7.93. The highest BCUT2D eigenvalue weighted by Gasteiger charge is 2.36. The summed E-state index contributed by atoms with van der Waals surface area (Å²) in [5.74, 6) is 0. The first-order chi connectivity index (χ1) is 11.2. The number of rotatable bonds is 3. The number of hydrogen-bond acceptors (Lipinski definition) is 3. The van der Waals surface area contributed by atoms with Crippen LogP contribution in [0, 0.1) is 0 Å². The van der Waals surface area contributed by atoms with Gasteiger partial charge in [-0.25, -0.2) is 8.42 Å². The van der Waals surface area contributed by atoms with Gasteiger partial charge in [0.2, 0.25) is 10.0 Å². The Morgan fingerprint density at radius 1 is 0.913 bits per heavy atom. The maximum atomic E-state index is 13.1. The molecule has 2 aliphatic heterocycles.